The number of hydrogen-bond acceptors (Lipinski definition) is 5. The normalized spacial score (nSPS) is 13.9. The van der Waals surface area contributed by atoms with Crippen molar-refractivity contribution in [2.45, 2.75) is 13.8 Å². The Labute approximate surface area is 162 Å². The molecule has 0 unspecified atom stereocenters. The van der Waals surface area contributed by atoms with Crippen LogP contribution in [0.1, 0.15) is 17.0 Å². The second-order valence-corrected chi connectivity index (χ2v) is 7.10. The van der Waals surface area contributed by atoms with Gasteiger partial charge in [0.05, 0.1) is 13.7 Å². The van der Waals surface area contributed by atoms with E-state index in [2.05, 4.69) is 14.9 Å². The molecule has 0 saturated carbocycles. The van der Waals surface area contributed by atoms with Crippen LogP contribution in [0.15, 0.2) is 40.9 Å². The van der Waals surface area contributed by atoms with Gasteiger partial charge in [-0.15, -0.1) is 0 Å². The molecule has 0 spiro atoms. The lowest BCUT2D eigenvalue weighted by Gasteiger charge is -2.10. The van der Waals surface area contributed by atoms with Crippen LogP contribution in [-0.4, -0.2) is 35.0 Å². The molecule has 1 aliphatic rings. The highest BCUT2D eigenvalue weighted by molar-refractivity contribution is 8.14. The molecule has 1 aromatic carbocycles. The zero-order valence-electron chi connectivity index (χ0n) is 15.4. The first kappa shape index (κ1) is 18.8. The van der Waals surface area contributed by atoms with Gasteiger partial charge in [-0.1, -0.05) is 11.8 Å². The number of nitrogens with zero attached hydrogens (tertiary/aromatic N) is 3. The third-order valence-corrected chi connectivity index (χ3v) is 5.16. The van der Waals surface area contributed by atoms with Gasteiger partial charge in [0, 0.05) is 22.8 Å². The molecule has 0 radical (unpaired) electrons. The van der Waals surface area contributed by atoms with Crippen LogP contribution in [0.5, 0.6) is 5.75 Å². The standard InChI is InChI=1S/C20H20N4O2S/c1-13-10-15(11-16(12-21)19(25)23-20-22-8-9-27-20)14(2)24(13)17-4-6-18(26-3)7-5-17/h4-7,10-11H,8-9H2,1-3H3,(H,22,23,25). The largest absolute Gasteiger partial charge is 0.497 e. The van der Waals surface area contributed by atoms with E-state index >= 15 is 0 Å². The summed E-state index contributed by atoms with van der Waals surface area (Å²) >= 11 is 1.48. The fourth-order valence-electron chi connectivity index (χ4n) is 2.94. The molecule has 3 rings (SSSR count). The van der Waals surface area contributed by atoms with E-state index in [1.807, 2.05) is 50.2 Å². The van der Waals surface area contributed by atoms with E-state index in [9.17, 15) is 10.1 Å². The van der Waals surface area contributed by atoms with Crippen molar-refractivity contribution < 1.29 is 9.53 Å². The van der Waals surface area contributed by atoms with Crippen LogP contribution in [0.25, 0.3) is 11.8 Å². The number of nitrogens with one attached hydrogen (secondary N) is 1. The molecule has 7 heteroatoms. The van der Waals surface area contributed by atoms with E-state index in [1.54, 1.807) is 13.2 Å². The second kappa shape index (κ2) is 8.14. The number of nitriles is 1. The van der Waals surface area contributed by atoms with Crippen LogP contribution >= 0.6 is 11.8 Å². The summed E-state index contributed by atoms with van der Waals surface area (Å²) in [7, 11) is 1.63. The number of amides is 1. The minimum Gasteiger partial charge on any atom is -0.497 e. The Morgan fingerprint density at radius 3 is 2.70 bits per heavy atom. The Kier molecular flexibility index (Phi) is 5.67. The lowest BCUT2D eigenvalue weighted by molar-refractivity contribution is -0.115. The van der Waals surface area contributed by atoms with Crippen molar-refractivity contribution in [1.29, 1.82) is 5.26 Å². The number of carbonyl (C=O) groups is 1. The number of rotatable bonds is 4. The van der Waals surface area contributed by atoms with Gasteiger partial charge in [-0.3, -0.25) is 9.79 Å². The van der Waals surface area contributed by atoms with Crippen molar-refractivity contribution in [3.63, 3.8) is 0 Å². The van der Waals surface area contributed by atoms with Crippen LogP contribution in [-0.2, 0) is 4.79 Å². The number of aromatic nitrogens is 1. The van der Waals surface area contributed by atoms with E-state index < -0.39 is 5.91 Å². The van der Waals surface area contributed by atoms with Crippen LogP contribution in [0.3, 0.4) is 0 Å². The summed E-state index contributed by atoms with van der Waals surface area (Å²) < 4.78 is 7.29. The molecule has 1 amide bonds. The van der Waals surface area contributed by atoms with Gasteiger partial charge in [-0.2, -0.15) is 5.26 Å². The van der Waals surface area contributed by atoms with E-state index in [0.717, 1.165) is 34.1 Å². The number of ether oxygens (including phenoxy) is 1. The number of amidine groups is 1. The fourth-order valence-corrected chi connectivity index (χ4v) is 3.67. The number of aliphatic imine (C=N–C) groups is 1. The number of carbonyl (C=O) groups excluding carboxylic acids is 1. The Balaban J connectivity index is 1.90. The average molecular weight is 380 g/mol. The maximum atomic E-state index is 12.4. The molecule has 1 aliphatic heterocycles. The minimum absolute atomic E-state index is 0.0557. The van der Waals surface area contributed by atoms with Gasteiger partial charge in [0.1, 0.15) is 17.4 Å². The van der Waals surface area contributed by atoms with E-state index in [4.69, 9.17) is 4.74 Å². The molecule has 0 aliphatic carbocycles. The monoisotopic (exact) mass is 380 g/mol. The fraction of sp³-hybridized carbons (Fsp3) is 0.250. The third kappa shape index (κ3) is 4.07. The van der Waals surface area contributed by atoms with Crippen molar-refractivity contribution in [2.24, 2.45) is 4.99 Å². The van der Waals surface area contributed by atoms with Crippen molar-refractivity contribution in [2.75, 3.05) is 19.4 Å². The molecular weight excluding hydrogens is 360 g/mol. The van der Waals surface area contributed by atoms with Crippen LogP contribution in [0.2, 0.25) is 0 Å². The number of aryl methyl sites for hydroxylation is 1. The highest BCUT2D eigenvalue weighted by Gasteiger charge is 2.16. The molecule has 2 heterocycles. The van der Waals surface area contributed by atoms with Crippen LogP contribution in [0, 0.1) is 25.2 Å². The first-order valence-electron chi connectivity index (χ1n) is 8.47. The third-order valence-electron chi connectivity index (χ3n) is 4.27. The molecule has 27 heavy (non-hydrogen) atoms. The predicted molar refractivity (Wildman–Crippen MR) is 108 cm³/mol. The number of methoxy groups -OCH3 is 1. The Morgan fingerprint density at radius 1 is 1.37 bits per heavy atom. The summed E-state index contributed by atoms with van der Waals surface area (Å²) in [5.41, 5.74) is 3.84. The van der Waals surface area contributed by atoms with Crippen LogP contribution < -0.4 is 10.1 Å². The summed E-state index contributed by atoms with van der Waals surface area (Å²) in [5, 5.41) is 12.7. The molecule has 138 valence electrons. The first-order chi connectivity index (χ1) is 13.0. The molecular formula is C20H20N4O2S. The van der Waals surface area contributed by atoms with Crippen LogP contribution in [0.4, 0.5) is 0 Å². The second-order valence-electron chi connectivity index (χ2n) is 6.02. The average Bonchev–Trinajstić information content (AvgIpc) is 3.27. The number of thioether (sulfide) groups is 1. The molecule has 0 atom stereocenters. The molecule has 6 nitrogen and oxygen atoms in total. The maximum Gasteiger partial charge on any atom is 0.267 e. The van der Waals surface area contributed by atoms with Crippen molar-refractivity contribution in [1.82, 2.24) is 9.88 Å². The molecule has 0 saturated heterocycles. The zero-order chi connectivity index (χ0) is 19.4. The Hall–Kier alpha value is -2.98. The van der Waals surface area contributed by atoms with Crippen molar-refractivity contribution in [3.8, 4) is 17.5 Å². The maximum absolute atomic E-state index is 12.4. The summed E-state index contributed by atoms with van der Waals surface area (Å²) in [6.45, 7) is 4.65. The van der Waals surface area contributed by atoms with Gasteiger partial charge in [-0.05, 0) is 55.8 Å². The molecule has 2 aromatic rings. The van der Waals surface area contributed by atoms with Gasteiger partial charge in [-0.25, -0.2) is 0 Å². The topological polar surface area (TPSA) is 79.4 Å². The van der Waals surface area contributed by atoms with E-state index in [0.29, 0.717) is 11.7 Å². The van der Waals surface area contributed by atoms with Gasteiger partial charge >= 0.3 is 0 Å². The van der Waals surface area contributed by atoms with Crippen molar-refractivity contribution >= 4 is 28.9 Å². The highest BCUT2D eigenvalue weighted by atomic mass is 32.2. The lowest BCUT2D eigenvalue weighted by atomic mass is 10.1. The molecule has 1 N–H and O–H groups in total. The smallest absolute Gasteiger partial charge is 0.267 e. The number of benzene rings is 1. The lowest BCUT2D eigenvalue weighted by Crippen LogP contribution is -2.28. The quantitative estimate of drug-likeness (QED) is 0.652. The summed E-state index contributed by atoms with van der Waals surface area (Å²) in [6.07, 6.45) is 1.62. The summed E-state index contributed by atoms with van der Waals surface area (Å²) in [5.74, 6) is 1.21. The summed E-state index contributed by atoms with van der Waals surface area (Å²) in [6, 6.07) is 11.7. The summed E-state index contributed by atoms with van der Waals surface area (Å²) in [4.78, 5) is 16.5. The molecule has 0 bridgehead atoms. The van der Waals surface area contributed by atoms with Gasteiger partial charge in [0.2, 0.25) is 0 Å². The van der Waals surface area contributed by atoms with Gasteiger partial charge < -0.3 is 14.6 Å². The minimum atomic E-state index is -0.431. The number of hydrogen-bond donors (Lipinski definition) is 1. The highest BCUT2D eigenvalue weighted by Crippen LogP contribution is 2.24. The van der Waals surface area contributed by atoms with Gasteiger partial charge in [0.15, 0.2) is 5.17 Å². The molecule has 0 fully saturated rings. The zero-order valence-corrected chi connectivity index (χ0v) is 16.3. The van der Waals surface area contributed by atoms with Gasteiger partial charge in [0.25, 0.3) is 5.91 Å². The SMILES string of the molecule is COc1ccc(-n2c(C)cc(C=C(C#N)C(=O)NC3=NCCS3)c2C)cc1. The molecule has 1 aromatic heterocycles. The predicted octanol–water partition coefficient (Wildman–Crippen LogP) is 3.23. The first-order valence-corrected chi connectivity index (χ1v) is 9.46. The van der Waals surface area contributed by atoms with E-state index in [1.165, 1.54) is 11.8 Å². The Morgan fingerprint density at radius 2 is 2.11 bits per heavy atom. The van der Waals surface area contributed by atoms with Crippen molar-refractivity contribution in [3.05, 3.63) is 52.9 Å². The Bertz CT molecular complexity index is 965. The van der Waals surface area contributed by atoms with E-state index in [-0.39, 0.29) is 5.57 Å².